The van der Waals surface area contributed by atoms with Crippen molar-refractivity contribution in [3.63, 3.8) is 0 Å². The van der Waals surface area contributed by atoms with Crippen molar-refractivity contribution < 1.29 is 18.0 Å². The maximum absolute atomic E-state index is 13.3. The van der Waals surface area contributed by atoms with E-state index >= 15 is 0 Å². The van der Waals surface area contributed by atoms with Gasteiger partial charge in [-0.1, -0.05) is 42.5 Å². The lowest BCUT2D eigenvalue weighted by molar-refractivity contribution is -0.144. The lowest BCUT2D eigenvalue weighted by Crippen LogP contribution is -2.47. The summed E-state index contributed by atoms with van der Waals surface area (Å²) < 4.78 is 41.8. The minimum Gasteiger partial charge on any atom is -0.361 e. The van der Waals surface area contributed by atoms with E-state index in [1.165, 1.54) is 6.07 Å². The van der Waals surface area contributed by atoms with Crippen LogP contribution in [0.2, 0.25) is 0 Å². The van der Waals surface area contributed by atoms with E-state index in [1.807, 2.05) is 37.3 Å². The topological polar surface area (TPSA) is 50.2 Å². The molecule has 2 heterocycles. The first-order valence-corrected chi connectivity index (χ1v) is 9.56. The number of halogens is 3. The van der Waals surface area contributed by atoms with Gasteiger partial charge in [-0.3, -0.25) is 9.48 Å². The van der Waals surface area contributed by atoms with Crippen molar-refractivity contribution in [2.45, 2.75) is 32.7 Å². The smallest absolute Gasteiger partial charge is 0.361 e. The Morgan fingerprint density at radius 1 is 1.03 bits per heavy atom. The van der Waals surface area contributed by atoms with E-state index in [-0.39, 0.29) is 5.56 Å². The summed E-state index contributed by atoms with van der Waals surface area (Å²) in [4.78, 5) is 13.8. The molecule has 3 aromatic rings. The van der Waals surface area contributed by atoms with Crippen LogP contribution in [0.15, 0.2) is 54.6 Å². The standard InChI is InChI=1S/C22H21F3N4O/c1-14-19(15(2)29(27-14)12-16-8-4-3-5-9-16)20-26-18-11-7-6-10-17(18)21(30)28(20)13-22(23,24)25/h3-11,20,26H,12-13H2,1-2H3. The second-order valence-corrected chi connectivity index (χ2v) is 7.37. The van der Waals surface area contributed by atoms with Gasteiger partial charge in [-0.25, -0.2) is 0 Å². The predicted molar refractivity (Wildman–Crippen MR) is 107 cm³/mol. The molecule has 1 atom stereocenters. The largest absolute Gasteiger partial charge is 0.406 e. The number of carbonyl (C=O) groups excluding carboxylic acids is 1. The summed E-state index contributed by atoms with van der Waals surface area (Å²) in [5, 5.41) is 7.68. The van der Waals surface area contributed by atoms with E-state index in [9.17, 15) is 18.0 Å². The fourth-order valence-corrected chi connectivity index (χ4v) is 3.89. The lowest BCUT2D eigenvalue weighted by Gasteiger charge is -2.38. The summed E-state index contributed by atoms with van der Waals surface area (Å²) >= 11 is 0. The van der Waals surface area contributed by atoms with Crippen LogP contribution in [-0.4, -0.2) is 33.3 Å². The Hall–Kier alpha value is -3.29. The number of para-hydroxylation sites is 1. The first-order chi connectivity index (χ1) is 14.2. The number of alkyl halides is 3. The molecule has 1 aliphatic heterocycles. The van der Waals surface area contributed by atoms with Crippen LogP contribution < -0.4 is 5.32 Å². The van der Waals surface area contributed by atoms with Gasteiger partial charge in [-0.2, -0.15) is 18.3 Å². The van der Waals surface area contributed by atoms with Crippen LogP contribution in [0.3, 0.4) is 0 Å². The number of anilines is 1. The highest BCUT2D eigenvalue weighted by molar-refractivity contribution is 6.01. The van der Waals surface area contributed by atoms with Crippen LogP contribution in [-0.2, 0) is 6.54 Å². The molecule has 1 amide bonds. The normalized spacial score (nSPS) is 16.4. The van der Waals surface area contributed by atoms with Crippen LogP contribution in [0.1, 0.15) is 39.0 Å². The molecule has 1 N–H and O–H groups in total. The van der Waals surface area contributed by atoms with Crippen molar-refractivity contribution >= 4 is 11.6 Å². The highest BCUT2D eigenvalue weighted by atomic mass is 19.4. The molecule has 156 valence electrons. The third-order valence-corrected chi connectivity index (χ3v) is 5.26. The Labute approximate surface area is 172 Å². The van der Waals surface area contributed by atoms with E-state index in [0.29, 0.717) is 29.2 Å². The van der Waals surface area contributed by atoms with Crippen LogP contribution in [0.5, 0.6) is 0 Å². The summed E-state index contributed by atoms with van der Waals surface area (Å²) in [6.45, 7) is 2.71. The number of hydrogen-bond acceptors (Lipinski definition) is 3. The van der Waals surface area contributed by atoms with Gasteiger partial charge in [-0.05, 0) is 31.5 Å². The number of aryl methyl sites for hydroxylation is 1. The van der Waals surface area contributed by atoms with E-state index in [1.54, 1.807) is 29.8 Å². The number of fused-ring (bicyclic) bond motifs is 1. The molecule has 0 spiro atoms. The third kappa shape index (κ3) is 3.77. The number of carbonyl (C=O) groups is 1. The average Bonchev–Trinajstić information content (AvgIpc) is 2.97. The third-order valence-electron chi connectivity index (χ3n) is 5.26. The molecule has 1 unspecified atom stereocenters. The molecule has 1 aliphatic rings. The lowest BCUT2D eigenvalue weighted by atomic mass is 10.0. The number of benzene rings is 2. The van der Waals surface area contributed by atoms with Crippen molar-refractivity contribution in [1.82, 2.24) is 14.7 Å². The number of aromatic nitrogens is 2. The number of amides is 1. The number of nitrogens with zero attached hydrogens (tertiary/aromatic N) is 3. The Morgan fingerprint density at radius 2 is 1.70 bits per heavy atom. The van der Waals surface area contributed by atoms with Crippen LogP contribution >= 0.6 is 0 Å². The molecule has 0 fully saturated rings. The average molecular weight is 414 g/mol. The van der Waals surface area contributed by atoms with Crippen molar-refractivity contribution in [1.29, 1.82) is 0 Å². The van der Waals surface area contributed by atoms with Gasteiger partial charge in [0.05, 0.1) is 17.8 Å². The van der Waals surface area contributed by atoms with Gasteiger partial charge in [-0.15, -0.1) is 0 Å². The zero-order chi connectivity index (χ0) is 21.5. The maximum atomic E-state index is 13.3. The Kier molecular flexibility index (Phi) is 5.01. The molecular weight excluding hydrogens is 393 g/mol. The Morgan fingerprint density at radius 3 is 2.40 bits per heavy atom. The molecule has 0 saturated heterocycles. The molecule has 0 radical (unpaired) electrons. The van der Waals surface area contributed by atoms with Crippen LogP contribution in [0.4, 0.5) is 18.9 Å². The second kappa shape index (κ2) is 7.51. The Balaban J connectivity index is 1.76. The zero-order valence-corrected chi connectivity index (χ0v) is 16.6. The second-order valence-electron chi connectivity index (χ2n) is 7.37. The van der Waals surface area contributed by atoms with Crippen molar-refractivity contribution in [2.75, 3.05) is 11.9 Å². The molecule has 30 heavy (non-hydrogen) atoms. The van der Waals surface area contributed by atoms with Gasteiger partial charge in [0.15, 0.2) is 0 Å². The van der Waals surface area contributed by atoms with E-state index in [4.69, 9.17) is 0 Å². The number of nitrogens with one attached hydrogen (secondary N) is 1. The molecule has 2 aromatic carbocycles. The summed E-state index contributed by atoms with van der Waals surface area (Å²) in [6.07, 6.45) is -5.48. The van der Waals surface area contributed by atoms with E-state index < -0.39 is 24.8 Å². The quantitative estimate of drug-likeness (QED) is 0.675. The fraction of sp³-hybridized carbons (Fsp3) is 0.273. The molecule has 0 aliphatic carbocycles. The summed E-state index contributed by atoms with van der Waals surface area (Å²) in [5.41, 5.74) is 3.65. The van der Waals surface area contributed by atoms with Gasteiger partial charge in [0.25, 0.3) is 5.91 Å². The van der Waals surface area contributed by atoms with Gasteiger partial charge < -0.3 is 10.2 Å². The minimum absolute atomic E-state index is 0.227. The molecule has 4 rings (SSSR count). The monoisotopic (exact) mass is 414 g/mol. The molecule has 5 nitrogen and oxygen atoms in total. The highest BCUT2D eigenvalue weighted by Gasteiger charge is 2.42. The van der Waals surface area contributed by atoms with E-state index in [2.05, 4.69) is 10.4 Å². The maximum Gasteiger partial charge on any atom is 0.406 e. The number of rotatable bonds is 4. The van der Waals surface area contributed by atoms with Gasteiger partial charge in [0.1, 0.15) is 12.7 Å². The summed E-state index contributed by atoms with van der Waals surface area (Å²) in [6, 6.07) is 16.3. The van der Waals surface area contributed by atoms with Gasteiger partial charge in [0.2, 0.25) is 0 Å². The molecular formula is C22H21F3N4O. The molecule has 0 bridgehead atoms. The van der Waals surface area contributed by atoms with Crippen LogP contribution in [0, 0.1) is 13.8 Å². The summed E-state index contributed by atoms with van der Waals surface area (Å²) in [7, 11) is 0. The molecule has 1 aromatic heterocycles. The molecule has 0 saturated carbocycles. The zero-order valence-electron chi connectivity index (χ0n) is 16.6. The summed E-state index contributed by atoms with van der Waals surface area (Å²) in [5.74, 6) is -0.652. The Bertz CT molecular complexity index is 1080. The van der Waals surface area contributed by atoms with Crippen LogP contribution in [0.25, 0.3) is 0 Å². The predicted octanol–water partition coefficient (Wildman–Crippen LogP) is 4.68. The first-order valence-electron chi connectivity index (χ1n) is 9.56. The van der Waals surface area contributed by atoms with Gasteiger partial charge >= 0.3 is 6.18 Å². The number of hydrogen-bond donors (Lipinski definition) is 1. The van der Waals surface area contributed by atoms with Crippen molar-refractivity contribution in [2.24, 2.45) is 0 Å². The van der Waals surface area contributed by atoms with Gasteiger partial charge in [0, 0.05) is 16.9 Å². The fourth-order valence-electron chi connectivity index (χ4n) is 3.89. The highest BCUT2D eigenvalue weighted by Crippen LogP contribution is 2.37. The van der Waals surface area contributed by atoms with Crippen molar-refractivity contribution in [3.8, 4) is 0 Å². The molecule has 8 heteroatoms. The SMILES string of the molecule is Cc1nn(Cc2ccccc2)c(C)c1C1Nc2ccccc2C(=O)N1CC(F)(F)F. The first kappa shape index (κ1) is 20.0. The van der Waals surface area contributed by atoms with Crippen molar-refractivity contribution in [3.05, 3.63) is 82.7 Å². The van der Waals surface area contributed by atoms with E-state index in [0.717, 1.165) is 10.5 Å². The minimum atomic E-state index is -4.52.